The van der Waals surface area contributed by atoms with Gasteiger partial charge in [-0.05, 0) is 36.2 Å². The lowest BCUT2D eigenvalue weighted by atomic mass is 10.0. The topological polar surface area (TPSA) is 48.1 Å². The lowest BCUT2D eigenvalue weighted by molar-refractivity contribution is -0.137. The first-order valence-electron chi connectivity index (χ1n) is 8.30. The van der Waals surface area contributed by atoms with Crippen molar-refractivity contribution in [2.45, 2.75) is 26.1 Å². The van der Waals surface area contributed by atoms with E-state index in [4.69, 9.17) is 10.5 Å². The first-order valence-corrected chi connectivity index (χ1v) is 9.18. The molecule has 3 aromatic rings. The highest BCUT2D eigenvalue weighted by Gasteiger charge is 2.30. The molecule has 0 spiro atoms. The quantitative estimate of drug-likeness (QED) is 0.650. The van der Waals surface area contributed by atoms with Crippen molar-refractivity contribution in [1.29, 1.82) is 0 Å². The predicted molar refractivity (Wildman–Crippen MR) is 101 cm³/mol. The number of rotatable bonds is 5. The molecule has 2 N–H and O–H groups in total. The van der Waals surface area contributed by atoms with Crippen LogP contribution in [0.15, 0.2) is 41.8 Å². The van der Waals surface area contributed by atoms with Crippen LogP contribution in [0.1, 0.15) is 27.9 Å². The van der Waals surface area contributed by atoms with Crippen molar-refractivity contribution in [3.8, 4) is 16.3 Å². The fraction of sp³-hybridized carbons (Fsp3) is 0.250. The highest BCUT2D eigenvalue weighted by atomic mass is 32.1. The first kappa shape index (κ1) is 19.4. The number of nitrogens with zero attached hydrogens (tertiary/aromatic N) is 1. The van der Waals surface area contributed by atoms with Gasteiger partial charge in [-0.15, -0.1) is 11.3 Å². The van der Waals surface area contributed by atoms with Gasteiger partial charge in [0.05, 0.1) is 18.4 Å². The third-order valence-electron chi connectivity index (χ3n) is 4.34. The summed E-state index contributed by atoms with van der Waals surface area (Å²) in [5, 5.41) is 2.60. The highest BCUT2D eigenvalue weighted by Crippen LogP contribution is 2.32. The molecule has 0 radical (unpaired) electrons. The molecule has 0 aliphatic carbocycles. The van der Waals surface area contributed by atoms with E-state index in [1.165, 1.54) is 23.5 Å². The smallest absolute Gasteiger partial charge is 0.416 e. The molecule has 142 valence electrons. The minimum atomic E-state index is -4.34. The third-order valence-corrected chi connectivity index (χ3v) is 5.28. The SMILES string of the molecule is COc1cc(CN)c(C)cc1Cc1csc(-c2ccc(C(F)(F)F)cc2)n1. The van der Waals surface area contributed by atoms with Crippen LogP contribution in [-0.4, -0.2) is 12.1 Å². The summed E-state index contributed by atoms with van der Waals surface area (Å²) in [6.45, 7) is 2.44. The molecule has 1 aromatic heterocycles. The molecule has 3 nitrogen and oxygen atoms in total. The van der Waals surface area contributed by atoms with Crippen LogP contribution in [0.25, 0.3) is 10.6 Å². The van der Waals surface area contributed by atoms with Gasteiger partial charge in [-0.25, -0.2) is 4.98 Å². The van der Waals surface area contributed by atoms with Crippen LogP contribution in [-0.2, 0) is 19.1 Å². The number of methoxy groups -OCH3 is 1. The maximum Gasteiger partial charge on any atom is 0.416 e. The molecule has 0 aliphatic heterocycles. The number of hydrogen-bond acceptors (Lipinski definition) is 4. The van der Waals surface area contributed by atoms with Gasteiger partial charge in [-0.2, -0.15) is 13.2 Å². The summed E-state index contributed by atoms with van der Waals surface area (Å²) in [5.41, 5.74) is 9.70. The number of aryl methyl sites for hydroxylation is 1. The number of halogens is 3. The van der Waals surface area contributed by atoms with E-state index in [0.717, 1.165) is 40.3 Å². The van der Waals surface area contributed by atoms with Crippen LogP contribution >= 0.6 is 11.3 Å². The Morgan fingerprint density at radius 2 is 1.81 bits per heavy atom. The molecule has 3 rings (SSSR count). The van der Waals surface area contributed by atoms with Crippen LogP contribution in [0.4, 0.5) is 13.2 Å². The average molecular weight is 392 g/mol. The van der Waals surface area contributed by atoms with Crippen molar-refractivity contribution in [3.05, 3.63) is 69.7 Å². The zero-order chi connectivity index (χ0) is 19.6. The van der Waals surface area contributed by atoms with E-state index in [-0.39, 0.29) is 0 Å². The van der Waals surface area contributed by atoms with Gasteiger partial charge in [0, 0.05) is 29.5 Å². The normalized spacial score (nSPS) is 11.6. The van der Waals surface area contributed by atoms with Gasteiger partial charge in [0.1, 0.15) is 10.8 Å². The number of benzene rings is 2. The molecule has 0 aliphatic rings. The molecule has 0 amide bonds. The Hall–Kier alpha value is -2.38. The van der Waals surface area contributed by atoms with E-state index in [2.05, 4.69) is 4.98 Å². The second-order valence-electron chi connectivity index (χ2n) is 6.19. The lowest BCUT2D eigenvalue weighted by Gasteiger charge is -2.12. The van der Waals surface area contributed by atoms with Gasteiger partial charge in [-0.1, -0.05) is 18.2 Å². The van der Waals surface area contributed by atoms with Crippen LogP contribution in [0.2, 0.25) is 0 Å². The van der Waals surface area contributed by atoms with Gasteiger partial charge >= 0.3 is 6.18 Å². The largest absolute Gasteiger partial charge is 0.496 e. The summed E-state index contributed by atoms with van der Waals surface area (Å²) in [6, 6.07) is 9.03. The third kappa shape index (κ3) is 4.31. The molecule has 0 atom stereocenters. The van der Waals surface area contributed by atoms with Crippen molar-refractivity contribution in [2.24, 2.45) is 5.73 Å². The first-order chi connectivity index (χ1) is 12.8. The van der Waals surface area contributed by atoms with E-state index in [1.807, 2.05) is 24.4 Å². The molecule has 1 heterocycles. The van der Waals surface area contributed by atoms with E-state index < -0.39 is 11.7 Å². The van der Waals surface area contributed by atoms with Crippen molar-refractivity contribution in [3.63, 3.8) is 0 Å². The molecule has 0 saturated carbocycles. The minimum absolute atomic E-state index is 0.442. The Labute approximate surface area is 159 Å². The number of alkyl halides is 3. The minimum Gasteiger partial charge on any atom is -0.496 e. The molecular weight excluding hydrogens is 373 g/mol. The number of aromatic nitrogens is 1. The number of ether oxygens (including phenoxy) is 1. The number of hydrogen-bond donors (Lipinski definition) is 1. The Balaban J connectivity index is 1.84. The summed E-state index contributed by atoms with van der Waals surface area (Å²) in [6.07, 6.45) is -3.76. The van der Waals surface area contributed by atoms with Crippen molar-refractivity contribution in [1.82, 2.24) is 4.98 Å². The van der Waals surface area contributed by atoms with Crippen molar-refractivity contribution >= 4 is 11.3 Å². The van der Waals surface area contributed by atoms with E-state index >= 15 is 0 Å². The van der Waals surface area contributed by atoms with Crippen LogP contribution < -0.4 is 10.5 Å². The van der Waals surface area contributed by atoms with Gasteiger partial charge in [0.2, 0.25) is 0 Å². The fourth-order valence-corrected chi connectivity index (χ4v) is 3.68. The summed E-state index contributed by atoms with van der Waals surface area (Å²) in [4.78, 5) is 4.57. The zero-order valence-electron chi connectivity index (χ0n) is 14.9. The van der Waals surface area contributed by atoms with Gasteiger partial charge in [-0.3, -0.25) is 0 Å². The predicted octanol–water partition coefficient (Wildman–Crippen LogP) is 5.20. The summed E-state index contributed by atoms with van der Waals surface area (Å²) < 4.78 is 43.5. The Morgan fingerprint density at radius 3 is 2.41 bits per heavy atom. The van der Waals surface area contributed by atoms with E-state index in [9.17, 15) is 13.2 Å². The molecule has 0 fully saturated rings. The average Bonchev–Trinajstić information content (AvgIpc) is 3.10. The molecule has 0 unspecified atom stereocenters. The molecular formula is C20H19F3N2OS. The van der Waals surface area contributed by atoms with Crippen LogP contribution in [0.3, 0.4) is 0 Å². The second kappa shape index (κ2) is 7.70. The summed E-state index contributed by atoms with van der Waals surface area (Å²) in [7, 11) is 1.61. The maximum absolute atomic E-state index is 12.7. The second-order valence-corrected chi connectivity index (χ2v) is 7.05. The Morgan fingerprint density at radius 1 is 1.11 bits per heavy atom. The number of nitrogens with two attached hydrogens (primary N) is 1. The van der Waals surface area contributed by atoms with E-state index in [1.54, 1.807) is 7.11 Å². The summed E-state index contributed by atoms with van der Waals surface area (Å²) >= 11 is 1.41. The van der Waals surface area contributed by atoms with E-state index in [0.29, 0.717) is 23.5 Å². The molecule has 0 bridgehead atoms. The van der Waals surface area contributed by atoms with Gasteiger partial charge in [0.25, 0.3) is 0 Å². The Bertz CT molecular complexity index is 933. The molecule has 2 aromatic carbocycles. The molecule has 0 saturated heterocycles. The summed E-state index contributed by atoms with van der Waals surface area (Å²) in [5.74, 6) is 0.755. The van der Waals surface area contributed by atoms with Crippen molar-refractivity contribution < 1.29 is 17.9 Å². The van der Waals surface area contributed by atoms with Crippen molar-refractivity contribution in [2.75, 3.05) is 7.11 Å². The standard InChI is InChI=1S/C20H19F3N2OS/c1-12-7-14(18(26-2)9-15(12)10-24)8-17-11-27-19(25-17)13-3-5-16(6-4-13)20(21,22)23/h3-7,9,11H,8,10,24H2,1-2H3. The molecule has 27 heavy (non-hydrogen) atoms. The van der Waals surface area contributed by atoms with Gasteiger partial charge < -0.3 is 10.5 Å². The monoisotopic (exact) mass is 392 g/mol. The van der Waals surface area contributed by atoms with Crippen LogP contribution in [0, 0.1) is 6.92 Å². The highest BCUT2D eigenvalue weighted by molar-refractivity contribution is 7.13. The Kier molecular flexibility index (Phi) is 5.53. The zero-order valence-corrected chi connectivity index (χ0v) is 15.7. The lowest BCUT2D eigenvalue weighted by Crippen LogP contribution is -2.04. The fourth-order valence-electron chi connectivity index (χ4n) is 2.86. The number of thiazole rings is 1. The van der Waals surface area contributed by atoms with Crippen LogP contribution in [0.5, 0.6) is 5.75 Å². The molecule has 7 heteroatoms. The van der Waals surface area contributed by atoms with Gasteiger partial charge in [0.15, 0.2) is 0 Å². The maximum atomic E-state index is 12.7.